The van der Waals surface area contributed by atoms with E-state index in [0.717, 1.165) is 29.0 Å². The third-order valence-electron chi connectivity index (χ3n) is 3.42. The van der Waals surface area contributed by atoms with Crippen molar-refractivity contribution < 1.29 is 13.6 Å². The Hall–Kier alpha value is -2.67. The highest BCUT2D eigenvalue weighted by atomic mass is 32.1. The van der Waals surface area contributed by atoms with Crippen molar-refractivity contribution in [2.24, 2.45) is 0 Å². The van der Waals surface area contributed by atoms with Crippen LogP contribution in [0.4, 0.5) is 14.6 Å². The van der Waals surface area contributed by atoms with Gasteiger partial charge in [0.25, 0.3) is 5.91 Å². The van der Waals surface area contributed by atoms with Crippen LogP contribution in [0.2, 0.25) is 0 Å². The molecule has 0 saturated carbocycles. The Balaban J connectivity index is 1.95. The lowest BCUT2D eigenvalue weighted by Gasteiger charge is -2.05. The van der Waals surface area contributed by atoms with Crippen LogP contribution in [0.15, 0.2) is 36.5 Å². The molecule has 4 nitrogen and oxygen atoms in total. The van der Waals surface area contributed by atoms with Crippen LogP contribution < -0.4 is 5.32 Å². The highest BCUT2D eigenvalue weighted by Gasteiger charge is 2.21. The first-order valence-electron chi connectivity index (χ1n) is 7.12. The first kappa shape index (κ1) is 16.2. The molecule has 0 radical (unpaired) electrons. The van der Waals surface area contributed by atoms with E-state index in [1.807, 2.05) is 13.0 Å². The lowest BCUT2D eigenvalue weighted by Crippen LogP contribution is -2.13. The van der Waals surface area contributed by atoms with Gasteiger partial charge in [0.15, 0.2) is 0 Å². The summed E-state index contributed by atoms with van der Waals surface area (Å²) >= 11 is 0.943. The molecule has 0 bridgehead atoms. The Morgan fingerprint density at radius 3 is 2.50 bits per heavy atom. The Bertz CT molecular complexity index is 904. The molecule has 3 rings (SSSR count). The third kappa shape index (κ3) is 3.03. The number of amides is 1. The van der Waals surface area contributed by atoms with Crippen LogP contribution in [0.5, 0.6) is 0 Å². The van der Waals surface area contributed by atoms with Crippen LogP contribution in [-0.2, 0) is 0 Å². The van der Waals surface area contributed by atoms with Gasteiger partial charge in [-0.05, 0) is 37.6 Å². The highest BCUT2D eigenvalue weighted by molar-refractivity contribution is 7.17. The molecule has 0 fully saturated rings. The van der Waals surface area contributed by atoms with Gasteiger partial charge in [0, 0.05) is 6.20 Å². The lowest BCUT2D eigenvalue weighted by molar-refractivity contribution is 0.102. The molecule has 1 aromatic carbocycles. The predicted molar refractivity (Wildman–Crippen MR) is 89.1 cm³/mol. The number of aryl methyl sites for hydroxylation is 2. The number of hydrogen-bond donors (Lipinski definition) is 1. The van der Waals surface area contributed by atoms with E-state index < -0.39 is 17.5 Å². The van der Waals surface area contributed by atoms with Crippen molar-refractivity contribution in [2.45, 2.75) is 13.8 Å². The molecule has 1 N–H and O–H groups in total. The number of benzene rings is 1. The number of carbonyl (C=O) groups is 1. The molecule has 0 spiro atoms. The van der Waals surface area contributed by atoms with Crippen LogP contribution >= 0.6 is 11.3 Å². The number of thiazole rings is 1. The second kappa shape index (κ2) is 6.45. The summed E-state index contributed by atoms with van der Waals surface area (Å²) in [5, 5.41) is 2.82. The molecule has 0 atom stereocenters. The van der Waals surface area contributed by atoms with Crippen molar-refractivity contribution in [2.75, 3.05) is 5.32 Å². The summed E-state index contributed by atoms with van der Waals surface area (Å²) in [5.74, 6) is -1.39. The monoisotopic (exact) mass is 345 g/mol. The highest BCUT2D eigenvalue weighted by Crippen LogP contribution is 2.32. The van der Waals surface area contributed by atoms with Gasteiger partial charge < -0.3 is 5.32 Å². The molecule has 24 heavy (non-hydrogen) atoms. The van der Waals surface area contributed by atoms with E-state index >= 15 is 0 Å². The Morgan fingerprint density at radius 2 is 1.83 bits per heavy atom. The van der Waals surface area contributed by atoms with Gasteiger partial charge in [-0.25, -0.2) is 18.7 Å². The fourth-order valence-corrected chi connectivity index (χ4v) is 3.21. The zero-order valence-electron chi connectivity index (χ0n) is 12.9. The number of anilines is 1. The standard InChI is InChI=1S/C17H13F2N3OS/c1-9-5-4-8-20-15(9)22-16(23)14-10(2)21-17(24-14)13-11(18)6-3-7-12(13)19/h3-8H,1-2H3,(H,20,22,23). The molecule has 0 unspecified atom stereocenters. The zero-order chi connectivity index (χ0) is 17.3. The van der Waals surface area contributed by atoms with E-state index in [2.05, 4.69) is 15.3 Å². The predicted octanol–water partition coefficient (Wildman–Crippen LogP) is 4.35. The molecule has 0 aliphatic carbocycles. The summed E-state index contributed by atoms with van der Waals surface area (Å²) in [5.41, 5.74) is 0.996. The maximum Gasteiger partial charge on any atom is 0.268 e. The minimum atomic E-state index is -0.712. The van der Waals surface area contributed by atoms with Gasteiger partial charge in [-0.1, -0.05) is 12.1 Å². The number of aromatic nitrogens is 2. The van der Waals surface area contributed by atoms with Crippen molar-refractivity contribution in [3.63, 3.8) is 0 Å². The van der Waals surface area contributed by atoms with Crippen molar-refractivity contribution >= 4 is 23.1 Å². The average molecular weight is 345 g/mol. The Morgan fingerprint density at radius 1 is 1.12 bits per heavy atom. The largest absolute Gasteiger partial charge is 0.306 e. The lowest BCUT2D eigenvalue weighted by atomic mass is 10.2. The quantitative estimate of drug-likeness (QED) is 0.768. The molecule has 2 heterocycles. The van der Waals surface area contributed by atoms with E-state index in [1.54, 1.807) is 19.2 Å². The number of halogens is 2. The second-order valence-corrected chi connectivity index (χ2v) is 6.15. The van der Waals surface area contributed by atoms with Gasteiger partial charge >= 0.3 is 0 Å². The first-order chi connectivity index (χ1) is 11.5. The molecule has 0 aliphatic heterocycles. The first-order valence-corrected chi connectivity index (χ1v) is 7.94. The molecule has 0 aliphatic rings. The Labute approximate surface area is 141 Å². The number of pyridine rings is 1. The van der Waals surface area contributed by atoms with Crippen molar-refractivity contribution in [1.29, 1.82) is 0 Å². The van der Waals surface area contributed by atoms with Gasteiger partial charge in [0.1, 0.15) is 27.3 Å². The topological polar surface area (TPSA) is 54.9 Å². The Kier molecular flexibility index (Phi) is 4.35. The molecular weight excluding hydrogens is 332 g/mol. The van der Waals surface area contributed by atoms with Crippen LogP contribution in [-0.4, -0.2) is 15.9 Å². The number of nitrogens with one attached hydrogen (secondary N) is 1. The fourth-order valence-electron chi connectivity index (χ4n) is 2.20. The molecule has 2 aromatic heterocycles. The van der Waals surface area contributed by atoms with E-state index in [9.17, 15) is 13.6 Å². The molecule has 3 aromatic rings. The second-order valence-electron chi connectivity index (χ2n) is 5.15. The average Bonchev–Trinajstić information content (AvgIpc) is 2.91. The van der Waals surface area contributed by atoms with E-state index in [-0.39, 0.29) is 15.4 Å². The number of carbonyl (C=O) groups excluding carboxylic acids is 1. The molecular formula is C17H13F2N3OS. The molecule has 122 valence electrons. The van der Waals surface area contributed by atoms with Crippen molar-refractivity contribution in [1.82, 2.24) is 9.97 Å². The van der Waals surface area contributed by atoms with E-state index in [4.69, 9.17) is 0 Å². The SMILES string of the molecule is Cc1cccnc1NC(=O)c1sc(-c2c(F)cccc2F)nc1C. The van der Waals surface area contributed by atoms with Gasteiger partial charge in [-0.2, -0.15) is 0 Å². The summed E-state index contributed by atoms with van der Waals surface area (Å²) in [4.78, 5) is 21.0. The summed E-state index contributed by atoms with van der Waals surface area (Å²) in [6.45, 7) is 3.45. The summed E-state index contributed by atoms with van der Waals surface area (Å²) in [6, 6.07) is 7.19. The van der Waals surface area contributed by atoms with Crippen molar-refractivity contribution in [3.05, 3.63) is 64.3 Å². The number of hydrogen-bond acceptors (Lipinski definition) is 4. The molecule has 0 saturated heterocycles. The normalized spacial score (nSPS) is 10.7. The van der Waals surface area contributed by atoms with Crippen LogP contribution in [0, 0.1) is 25.5 Å². The molecule has 1 amide bonds. The maximum absolute atomic E-state index is 13.9. The van der Waals surface area contributed by atoms with E-state index in [1.165, 1.54) is 6.07 Å². The van der Waals surface area contributed by atoms with Crippen molar-refractivity contribution in [3.8, 4) is 10.6 Å². The third-order valence-corrected chi connectivity index (χ3v) is 4.59. The van der Waals surface area contributed by atoms with Crippen LogP contribution in [0.3, 0.4) is 0 Å². The number of nitrogens with zero attached hydrogens (tertiary/aromatic N) is 2. The number of rotatable bonds is 3. The minimum absolute atomic E-state index is 0.131. The maximum atomic E-state index is 13.9. The minimum Gasteiger partial charge on any atom is -0.306 e. The van der Waals surface area contributed by atoms with Gasteiger partial charge in [0.05, 0.1) is 11.3 Å². The van der Waals surface area contributed by atoms with Gasteiger partial charge in [-0.15, -0.1) is 11.3 Å². The van der Waals surface area contributed by atoms with E-state index in [0.29, 0.717) is 11.5 Å². The van der Waals surface area contributed by atoms with Crippen LogP contribution in [0.1, 0.15) is 20.9 Å². The summed E-state index contributed by atoms with van der Waals surface area (Å²) in [6.07, 6.45) is 1.57. The van der Waals surface area contributed by atoms with Gasteiger partial charge in [-0.3, -0.25) is 4.79 Å². The fraction of sp³-hybridized carbons (Fsp3) is 0.118. The summed E-state index contributed by atoms with van der Waals surface area (Å²) in [7, 11) is 0. The van der Waals surface area contributed by atoms with Gasteiger partial charge in [0.2, 0.25) is 0 Å². The molecule has 7 heteroatoms. The van der Waals surface area contributed by atoms with Crippen LogP contribution in [0.25, 0.3) is 10.6 Å². The summed E-state index contributed by atoms with van der Waals surface area (Å²) < 4.78 is 27.8. The zero-order valence-corrected chi connectivity index (χ0v) is 13.7. The smallest absolute Gasteiger partial charge is 0.268 e.